The summed E-state index contributed by atoms with van der Waals surface area (Å²) in [4.78, 5) is 15.5. The van der Waals surface area contributed by atoms with Crippen molar-refractivity contribution in [3.8, 4) is 11.5 Å². The summed E-state index contributed by atoms with van der Waals surface area (Å²) in [5, 5.41) is 11.1. The first kappa shape index (κ1) is 19.3. The number of carbonyl (C=O) groups is 1. The quantitative estimate of drug-likeness (QED) is 0.415. The van der Waals surface area contributed by atoms with E-state index < -0.39 is 5.97 Å². The maximum absolute atomic E-state index is 10.9. The molecule has 0 saturated carbocycles. The van der Waals surface area contributed by atoms with Gasteiger partial charge in [0, 0.05) is 11.6 Å². The second kappa shape index (κ2) is 8.53. The lowest BCUT2D eigenvalue weighted by atomic mass is 10.1. The summed E-state index contributed by atoms with van der Waals surface area (Å²) in [5.41, 5.74) is 1.75. The largest absolute Gasteiger partial charge is 0.493 e. The molecule has 1 N–H and O–H groups in total. The first-order valence-corrected chi connectivity index (χ1v) is 9.29. The van der Waals surface area contributed by atoms with Crippen LogP contribution in [0.4, 0.5) is 5.69 Å². The molecule has 0 aliphatic heterocycles. The highest BCUT2D eigenvalue weighted by Crippen LogP contribution is 2.30. The Balaban J connectivity index is 1.51. The van der Waals surface area contributed by atoms with E-state index in [0.29, 0.717) is 17.3 Å². The number of rotatable bonds is 7. The molecule has 0 fully saturated rings. The van der Waals surface area contributed by atoms with Crippen LogP contribution in [0.2, 0.25) is 0 Å². The number of fused-ring (bicyclic) bond motifs is 1. The molecule has 4 aromatic rings. The van der Waals surface area contributed by atoms with E-state index >= 15 is 0 Å². The van der Waals surface area contributed by atoms with Gasteiger partial charge in [-0.2, -0.15) is 0 Å². The molecule has 4 rings (SSSR count). The fourth-order valence-corrected chi connectivity index (χ4v) is 3.07. The van der Waals surface area contributed by atoms with Crippen LogP contribution in [0.25, 0.3) is 10.8 Å². The van der Waals surface area contributed by atoms with E-state index in [1.54, 1.807) is 25.5 Å². The number of hydrogen-bond donors (Lipinski definition) is 1. The highest BCUT2D eigenvalue weighted by atomic mass is 16.5. The number of carboxylic acids is 1. The lowest BCUT2D eigenvalue weighted by molar-refractivity contribution is 0.0658. The summed E-state index contributed by atoms with van der Waals surface area (Å²) in [5.74, 6) is 0.236. The van der Waals surface area contributed by atoms with Gasteiger partial charge in [0.1, 0.15) is 12.4 Å². The Kier molecular flexibility index (Phi) is 5.48. The van der Waals surface area contributed by atoms with Crippen molar-refractivity contribution in [2.75, 3.05) is 7.11 Å². The second-order valence-electron chi connectivity index (χ2n) is 6.53. The summed E-state index contributed by atoms with van der Waals surface area (Å²) < 4.78 is 16.4. The van der Waals surface area contributed by atoms with Crippen LogP contribution in [-0.4, -0.2) is 24.4 Å². The van der Waals surface area contributed by atoms with Gasteiger partial charge in [-0.05, 0) is 47.3 Å². The summed E-state index contributed by atoms with van der Waals surface area (Å²) in [6, 6.07) is 22.6. The lowest BCUT2D eigenvalue weighted by Gasteiger charge is -2.10. The number of carboxylic acid groups (broad SMARTS) is 1. The average molecular weight is 401 g/mol. The molecule has 0 bridgehead atoms. The van der Waals surface area contributed by atoms with Crippen molar-refractivity contribution in [2.24, 2.45) is 4.99 Å². The highest BCUT2D eigenvalue weighted by Gasteiger charge is 2.11. The van der Waals surface area contributed by atoms with Gasteiger partial charge in [-0.3, -0.25) is 4.99 Å². The van der Waals surface area contributed by atoms with E-state index in [2.05, 4.69) is 17.1 Å². The van der Waals surface area contributed by atoms with Crippen molar-refractivity contribution >= 4 is 28.6 Å². The van der Waals surface area contributed by atoms with Crippen LogP contribution < -0.4 is 9.47 Å². The molecule has 3 aromatic carbocycles. The number of methoxy groups -OCH3 is 1. The van der Waals surface area contributed by atoms with E-state index in [0.717, 1.165) is 22.0 Å². The van der Waals surface area contributed by atoms with Crippen LogP contribution in [0.3, 0.4) is 0 Å². The van der Waals surface area contributed by atoms with Gasteiger partial charge in [-0.25, -0.2) is 4.79 Å². The van der Waals surface area contributed by atoms with Crippen LogP contribution in [0.5, 0.6) is 11.5 Å². The van der Waals surface area contributed by atoms with Crippen LogP contribution in [0, 0.1) is 0 Å². The summed E-state index contributed by atoms with van der Waals surface area (Å²) in [6.07, 6.45) is 1.78. The van der Waals surface area contributed by atoms with Crippen molar-refractivity contribution < 1.29 is 23.8 Å². The van der Waals surface area contributed by atoms with Crippen molar-refractivity contribution in [3.05, 3.63) is 89.9 Å². The van der Waals surface area contributed by atoms with E-state index in [9.17, 15) is 4.79 Å². The first-order valence-electron chi connectivity index (χ1n) is 9.29. The van der Waals surface area contributed by atoms with E-state index in [4.69, 9.17) is 19.0 Å². The standard InChI is InChI=1S/C24H19NO5/c1-28-23-13-16(14-25-20-8-4-6-17-5-2-3-7-19(17)20)9-11-21(23)29-15-18-10-12-22(30-18)24(26)27/h2-14H,15H2,1H3,(H,26,27). The van der Waals surface area contributed by atoms with Gasteiger partial charge in [0.2, 0.25) is 5.76 Å². The van der Waals surface area contributed by atoms with Crippen LogP contribution >= 0.6 is 0 Å². The summed E-state index contributed by atoms with van der Waals surface area (Å²) in [6.45, 7) is 0.0904. The molecule has 0 radical (unpaired) electrons. The van der Waals surface area contributed by atoms with Gasteiger partial charge in [0.05, 0.1) is 12.8 Å². The Morgan fingerprint density at radius 1 is 1.03 bits per heavy atom. The average Bonchev–Trinajstić information content (AvgIpc) is 3.26. The topological polar surface area (TPSA) is 81.3 Å². The molecule has 6 heteroatoms. The maximum Gasteiger partial charge on any atom is 0.371 e. The minimum atomic E-state index is -1.12. The van der Waals surface area contributed by atoms with Gasteiger partial charge >= 0.3 is 5.97 Å². The molecule has 6 nitrogen and oxygen atoms in total. The zero-order valence-corrected chi connectivity index (χ0v) is 16.2. The molecule has 150 valence electrons. The predicted molar refractivity (Wildman–Crippen MR) is 114 cm³/mol. The van der Waals surface area contributed by atoms with Crippen LogP contribution in [-0.2, 0) is 6.61 Å². The fourth-order valence-electron chi connectivity index (χ4n) is 3.07. The Morgan fingerprint density at radius 3 is 2.67 bits per heavy atom. The van der Waals surface area contributed by atoms with Gasteiger partial charge in [-0.15, -0.1) is 0 Å². The molecule has 30 heavy (non-hydrogen) atoms. The Morgan fingerprint density at radius 2 is 1.87 bits per heavy atom. The monoisotopic (exact) mass is 401 g/mol. The lowest BCUT2D eigenvalue weighted by Crippen LogP contribution is -1.98. The minimum absolute atomic E-state index is 0.0904. The number of hydrogen-bond acceptors (Lipinski definition) is 5. The fraction of sp³-hybridized carbons (Fsp3) is 0.0833. The maximum atomic E-state index is 10.9. The number of nitrogens with zero attached hydrogens (tertiary/aromatic N) is 1. The molecule has 0 spiro atoms. The SMILES string of the molecule is COc1cc(C=Nc2cccc3ccccc23)ccc1OCc1ccc(C(=O)O)o1. The molecular weight excluding hydrogens is 382 g/mol. The Bertz CT molecular complexity index is 1220. The third-order valence-corrected chi connectivity index (χ3v) is 4.55. The Hall–Kier alpha value is -4.06. The molecule has 0 aliphatic carbocycles. The van der Waals surface area contributed by atoms with Crippen molar-refractivity contribution in [1.82, 2.24) is 0 Å². The van der Waals surface area contributed by atoms with Gasteiger partial charge in [0.25, 0.3) is 0 Å². The third-order valence-electron chi connectivity index (χ3n) is 4.55. The highest BCUT2D eigenvalue weighted by molar-refractivity contribution is 5.95. The van der Waals surface area contributed by atoms with E-state index in [1.165, 1.54) is 6.07 Å². The number of benzene rings is 3. The number of aliphatic imine (C=N–C) groups is 1. The normalized spacial score (nSPS) is 11.1. The number of furan rings is 1. The minimum Gasteiger partial charge on any atom is -0.493 e. The molecule has 1 heterocycles. The molecule has 1 aromatic heterocycles. The molecule has 0 amide bonds. The van der Waals surface area contributed by atoms with Crippen LogP contribution in [0.15, 0.2) is 82.2 Å². The second-order valence-corrected chi connectivity index (χ2v) is 6.53. The predicted octanol–water partition coefficient (Wildman–Crippen LogP) is 5.47. The van der Waals surface area contributed by atoms with Gasteiger partial charge < -0.3 is 19.0 Å². The van der Waals surface area contributed by atoms with Gasteiger partial charge in [0.15, 0.2) is 11.5 Å². The third kappa shape index (κ3) is 4.17. The molecule has 0 unspecified atom stereocenters. The van der Waals surface area contributed by atoms with Crippen LogP contribution in [0.1, 0.15) is 21.9 Å². The summed E-state index contributed by atoms with van der Waals surface area (Å²) >= 11 is 0. The smallest absolute Gasteiger partial charge is 0.371 e. The molecular formula is C24H19NO5. The summed E-state index contributed by atoms with van der Waals surface area (Å²) in [7, 11) is 1.56. The number of aromatic carboxylic acids is 1. The zero-order valence-electron chi connectivity index (χ0n) is 16.2. The van der Waals surface area contributed by atoms with Crippen molar-refractivity contribution in [2.45, 2.75) is 6.61 Å². The zero-order chi connectivity index (χ0) is 20.9. The Labute approximate surface area is 173 Å². The van der Waals surface area contributed by atoms with E-state index in [1.807, 2.05) is 42.5 Å². The van der Waals surface area contributed by atoms with Crippen molar-refractivity contribution in [3.63, 3.8) is 0 Å². The first-order chi connectivity index (χ1) is 14.6. The van der Waals surface area contributed by atoms with Crippen molar-refractivity contribution in [1.29, 1.82) is 0 Å². The molecule has 0 saturated heterocycles. The molecule has 0 atom stereocenters. The molecule has 0 aliphatic rings. The van der Waals surface area contributed by atoms with Gasteiger partial charge in [-0.1, -0.05) is 36.4 Å². The number of ether oxygens (including phenoxy) is 2. The van der Waals surface area contributed by atoms with E-state index in [-0.39, 0.29) is 12.4 Å².